The summed E-state index contributed by atoms with van der Waals surface area (Å²) < 4.78 is 5.94. The van der Waals surface area contributed by atoms with Gasteiger partial charge >= 0.3 is 18.0 Å². The summed E-state index contributed by atoms with van der Waals surface area (Å²) >= 11 is 2.11. The van der Waals surface area contributed by atoms with Crippen LogP contribution >= 0.6 is 22.6 Å². The Kier molecular flexibility index (Phi) is 23.4. The maximum Gasteiger partial charge on any atom is 0.407 e. The number of benzene rings is 1. The lowest BCUT2D eigenvalue weighted by atomic mass is 10.1. The Balaban J connectivity index is 2.11. The average Bonchev–Trinajstić information content (AvgIpc) is 3.06. The Morgan fingerprint density at radius 2 is 1.43 bits per heavy atom. The summed E-state index contributed by atoms with van der Waals surface area (Å²) in [5.41, 5.74) is 6.61. The number of unbranched alkanes of at least 4 members (excludes halogenated alkanes) is 6. The van der Waals surface area contributed by atoms with Crippen molar-refractivity contribution in [3.05, 3.63) is 32.9 Å². The predicted octanol–water partition coefficient (Wildman–Crippen LogP) is 3.35. The zero-order chi connectivity index (χ0) is 38.0. The molecule has 51 heavy (non-hydrogen) atoms. The maximum atomic E-state index is 12.6. The molecular weight excluding hydrogens is 775 g/mol. The van der Waals surface area contributed by atoms with Gasteiger partial charge in [0, 0.05) is 54.1 Å². The van der Waals surface area contributed by atoms with Crippen molar-refractivity contribution in [3.63, 3.8) is 0 Å². The SMILES string of the molecule is C[C@H](CCC(=O)O)NC(=O)OCCCCCNC(=O)CCCCCCC(=O)NC(CCCCNC(=O)c1cc([125I])cc(CNC(=N)N)c1)C(=O)O. The van der Waals surface area contributed by atoms with E-state index >= 15 is 0 Å². The lowest BCUT2D eigenvalue weighted by Crippen LogP contribution is -2.40. The van der Waals surface area contributed by atoms with Crippen LogP contribution in [0.5, 0.6) is 0 Å². The van der Waals surface area contributed by atoms with Gasteiger partial charge in [-0.05, 0) is 111 Å². The van der Waals surface area contributed by atoms with Gasteiger partial charge in [-0.1, -0.05) is 12.8 Å². The van der Waals surface area contributed by atoms with Gasteiger partial charge in [0.25, 0.3) is 5.91 Å². The van der Waals surface area contributed by atoms with Crippen LogP contribution in [0.2, 0.25) is 0 Å². The highest BCUT2D eigenvalue weighted by Crippen LogP contribution is 2.13. The number of halogens is 1. The molecule has 0 aliphatic rings. The van der Waals surface area contributed by atoms with E-state index in [1.165, 1.54) is 0 Å². The number of carboxylic acid groups (broad SMARTS) is 2. The van der Waals surface area contributed by atoms with Crippen molar-refractivity contribution in [2.24, 2.45) is 5.73 Å². The van der Waals surface area contributed by atoms with E-state index in [1.807, 2.05) is 6.07 Å². The Hall–Kier alpha value is -4.16. The number of carbonyl (C=O) groups excluding carboxylic acids is 4. The standard InChI is InChI=1S/C34H54IN7O9/c1-23(14-15-30(45)46)41-34(50)51-18-10-4-8-16-38-28(43)12-5-2-3-6-13-29(44)42-27(32(48)49)11-7-9-17-39-31(47)25-19-24(20-26(35)21-25)22-40-33(36)37/h19-21,23,27H,2-18,22H2,1H3,(H,38,43)(H,39,47)(H,41,50)(H,42,44)(H,45,46)(H,48,49)(H4,36,37,40)/t23-,27?/m1/s1/i35-2. The van der Waals surface area contributed by atoms with Crippen LogP contribution in [0.4, 0.5) is 4.79 Å². The normalized spacial score (nSPS) is 11.8. The molecule has 0 bridgehead atoms. The topological polar surface area (TPSA) is 262 Å². The zero-order valence-electron chi connectivity index (χ0n) is 29.3. The lowest BCUT2D eigenvalue weighted by molar-refractivity contribution is -0.142. The minimum atomic E-state index is -1.11. The maximum absolute atomic E-state index is 12.6. The van der Waals surface area contributed by atoms with Crippen LogP contribution in [0.3, 0.4) is 0 Å². The summed E-state index contributed by atoms with van der Waals surface area (Å²) in [6, 6.07) is 4.04. The van der Waals surface area contributed by atoms with E-state index in [0.717, 1.165) is 34.8 Å². The van der Waals surface area contributed by atoms with Gasteiger partial charge in [-0.3, -0.25) is 24.6 Å². The second kappa shape index (κ2) is 26.6. The first-order valence-electron chi connectivity index (χ1n) is 17.4. The number of nitrogens with two attached hydrogens (primary N) is 1. The van der Waals surface area contributed by atoms with Crippen molar-refractivity contribution in [2.45, 2.75) is 115 Å². The molecule has 0 heterocycles. The molecule has 4 amide bonds. The average molecular weight is 830 g/mol. The van der Waals surface area contributed by atoms with Crippen molar-refractivity contribution in [2.75, 3.05) is 19.7 Å². The molecule has 1 rings (SSSR count). The first-order chi connectivity index (χ1) is 24.3. The molecule has 17 heteroatoms. The number of hydrogen-bond acceptors (Lipinski definition) is 8. The van der Waals surface area contributed by atoms with E-state index in [1.54, 1.807) is 19.1 Å². The molecule has 16 nitrogen and oxygen atoms in total. The van der Waals surface area contributed by atoms with E-state index in [2.05, 4.69) is 49.2 Å². The van der Waals surface area contributed by atoms with Gasteiger partial charge in [0.1, 0.15) is 6.04 Å². The van der Waals surface area contributed by atoms with Crippen molar-refractivity contribution in [1.29, 1.82) is 5.41 Å². The number of hydrogen-bond donors (Lipinski definition) is 9. The van der Waals surface area contributed by atoms with Gasteiger partial charge < -0.3 is 47.3 Å². The molecule has 0 aliphatic carbocycles. The number of guanidine groups is 1. The molecule has 1 aromatic rings. The summed E-state index contributed by atoms with van der Waals surface area (Å²) in [5, 5.41) is 39.1. The lowest BCUT2D eigenvalue weighted by Gasteiger charge is -2.15. The minimum absolute atomic E-state index is 0.0283. The summed E-state index contributed by atoms with van der Waals surface area (Å²) in [5.74, 6) is -2.84. The van der Waals surface area contributed by atoms with E-state index in [4.69, 9.17) is 21.0 Å². The van der Waals surface area contributed by atoms with Crippen molar-refractivity contribution < 1.29 is 43.7 Å². The van der Waals surface area contributed by atoms with Gasteiger partial charge in [0.2, 0.25) is 11.8 Å². The molecule has 2 atom stereocenters. The van der Waals surface area contributed by atoms with Crippen LogP contribution in [0, 0.1) is 8.98 Å². The van der Waals surface area contributed by atoms with Gasteiger partial charge in [0.05, 0.1) is 6.61 Å². The number of rotatable bonds is 27. The largest absolute Gasteiger partial charge is 0.481 e. The third-order valence-corrected chi connectivity index (χ3v) is 8.25. The Labute approximate surface area is 312 Å². The first kappa shape index (κ1) is 44.9. The van der Waals surface area contributed by atoms with Crippen LogP contribution in [0.1, 0.15) is 113 Å². The molecule has 0 aliphatic heterocycles. The fourth-order valence-electron chi connectivity index (χ4n) is 4.85. The highest BCUT2D eigenvalue weighted by molar-refractivity contribution is 14.1. The molecular formula is C34H54IN7O9. The number of alkyl carbamates (subject to hydrolysis) is 1. The van der Waals surface area contributed by atoms with Crippen LogP contribution in [-0.2, 0) is 30.5 Å². The van der Waals surface area contributed by atoms with E-state index in [0.29, 0.717) is 70.1 Å². The third kappa shape index (κ3) is 23.8. The molecule has 286 valence electrons. The van der Waals surface area contributed by atoms with E-state index < -0.39 is 24.1 Å². The van der Waals surface area contributed by atoms with Gasteiger partial charge in [-0.15, -0.1) is 0 Å². The molecule has 0 spiro atoms. The number of amides is 4. The van der Waals surface area contributed by atoms with Crippen molar-refractivity contribution >= 4 is 64.3 Å². The van der Waals surface area contributed by atoms with Crippen LogP contribution < -0.4 is 32.3 Å². The molecule has 0 fully saturated rings. The molecule has 0 radical (unpaired) electrons. The quantitative estimate of drug-likeness (QED) is 0.0269. The first-order valence-corrected chi connectivity index (χ1v) is 18.4. The smallest absolute Gasteiger partial charge is 0.407 e. The van der Waals surface area contributed by atoms with Crippen molar-refractivity contribution in [3.8, 4) is 0 Å². The highest BCUT2D eigenvalue weighted by atomic mass is 125. The van der Waals surface area contributed by atoms with Crippen LogP contribution in [-0.4, -0.2) is 83.7 Å². The summed E-state index contributed by atoms with van der Waals surface area (Å²) in [6.45, 7) is 3.14. The second-order valence-corrected chi connectivity index (χ2v) is 13.5. The van der Waals surface area contributed by atoms with Gasteiger partial charge in [0.15, 0.2) is 5.96 Å². The number of aliphatic carboxylic acids is 2. The molecule has 0 aromatic heterocycles. The Bertz CT molecular complexity index is 1300. The number of nitrogens with one attached hydrogen (secondary N) is 6. The summed E-state index contributed by atoms with van der Waals surface area (Å²) in [4.78, 5) is 70.9. The molecule has 0 saturated carbocycles. The fourth-order valence-corrected chi connectivity index (χ4v) is 5.58. The summed E-state index contributed by atoms with van der Waals surface area (Å²) in [7, 11) is 0. The predicted molar refractivity (Wildman–Crippen MR) is 199 cm³/mol. The van der Waals surface area contributed by atoms with Crippen LogP contribution in [0.15, 0.2) is 18.2 Å². The monoisotopic (exact) mass is 829 g/mol. The van der Waals surface area contributed by atoms with Crippen molar-refractivity contribution in [1.82, 2.24) is 26.6 Å². The van der Waals surface area contributed by atoms with Gasteiger partial charge in [-0.25, -0.2) is 9.59 Å². The Morgan fingerprint density at radius 1 is 0.784 bits per heavy atom. The molecule has 1 aromatic carbocycles. The van der Waals surface area contributed by atoms with E-state index in [9.17, 15) is 33.9 Å². The number of ether oxygens (including phenoxy) is 1. The Morgan fingerprint density at radius 3 is 2.10 bits per heavy atom. The number of carboxylic acids is 2. The molecule has 10 N–H and O–H groups in total. The van der Waals surface area contributed by atoms with Gasteiger partial charge in [-0.2, -0.15) is 0 Å². The highest BCUT2D eigenvalue weighted by Gasteiger charge is 2.19. The number of carbonyl (C=O) groups is 6. The second-order valence-electron chi connectivity index (χ2n) is 12.3. The molecule has 0 saturated heterocycles. The molecule has 1 unspecified atom stereocenters. The van der Waals surface area contributed by atoms with E-state index in [-0.39, 0.29) is 55.6 Å². The zero-order valence-corrected chi connectivity index (χ0v) is 31.5. The van der Waals surface area contributed by atoms with Crippen LogP contribution in [0.25, 0.3) is 0 Å². The summed E-state index contributed by atoms with van der Waals surface area (Å²) in [6.07, 6.45) is 6.47. The minimum Gasteiger partial charge on any atom is -0.481 e. The fraction of sp³-hybridized carbons (Fsp3) is 0.618. The third-order valence-electron chi connectivity index (χ3n) is 7.63.